The molecule has 0 aliphatic carbocycles. The summed E-state index contributed by atoms with van der Waals surface area (Å²) in [5.74, 6) is 2.41. The van der Waals surface area contributed by atoms with Gasteiger partial charge in [0.2, 0.25) is 5.91 Å². The van der Waals surface area contributed by atoms with Crippen molar-refractivity contribution < 1.29 is 14.1 Å². The maximum absolute atomic E-state index is 12.5. The van der Waals surface area contributed by atoms with Crippen LogP contribution in [0.25, 0.3) is 10.2 Å². The zero-order valence-electron chi connectivity index (χ0n) is 17.7. The Labute approximate surface area is 179 Å². The van der Waals surface area contributed by atoms with Crippen LogP contribution in [0.3, 0.4) is 0 Å². The van der Waals surface area contributed by atoms with Gasteiger partial charge in [0.25, 0.3) is 0 Å². The number of nitrogens with zero attached hydrogens (tertiary/aromatic N) is 5. The maximum atomic E-state index is 12.5. The second kappa shape index (κ2) is 8.66. The first-order valence-corrected chi connectivity index (χ1v) is 10.7. The molecule has 1 aliphatic heterocycles. The van der Waals surface area contributed by atoms with E-state index < -0.39 is 0 Å². The lowest BCUT2D eigenvalue weighted by atomic mass is 10.2. The topological polar surface area (TPSA) is 96.6 Å². The molecule has 0 radical (unpaired) electrons. The Morgan fingerprint density at radius 3 is 2.73 bits per heavy atom. The van der Waals surface area contributed by atoms with Crippen LogP contribution < -0.4 is 10.2 Å². The van der Waals surface area contributed by atoms with Crippen molar-refractivity contribution in [2.45, 2.75) is 27.3 Å². The third-order valence-electron chi connectivity index (χ3n) is 5.16. The minimum Gasteiger partial charge on any atom is -0.379 e. The van der Waals surface area contributed by atoms with E-state index in [1.165, 1.54) is 4.88 Å². The Morgan fingerprint density at radius 1 is 1.27 bits per heavy atom. The van der Waals surface area contributed by atoms with E-state index in [1.54, 1.807) is 24.3 Å². The van der Waals surface area contributed by atoms with Crippen LogP contribution in [0.5, 0.6) is 0 Å². The molecule has 4 heterocycles. The van der Waals surface area contributed by atoms with Crippen molar-refractivity contribution in [1.82, 2.24) is 20.0 Å². The number of nitrogens with one attached hydrogen (secondary N) is 1. The first-order valence-electron chi connectivity index (χ1n) is 9.91. The van der Waals surface area contributed by atoms with Crippen molar-refractivity contribution in [3.8, 4) is 0 Å². The number of morpholine rings is 1. The van der Waals surface area contributed by atoms with Gasteiger partial charge in [0.1, 0.15) is 22.2 Å². The minimum absolute atomic E-state index is 0.142. The number of likely N-dealkylation sites (N-methyl/N-ethyl adjacent to an activating group) is 1. The summed E-state index contributed by atoms with van der Waals surface area (Å²) in [5, 5.41) is 7.59. The number of anilines is 2. The summed E-state index contributed by atoms with van der Waals surface area (Å²) >= 11 is 1.67. The van der Waals surface area contributed by atoms with Crippen LogP contribution in [0.1, 0.15) is 22.0 Å². The maximum Gasteiger partial charge on any atom is 0.245 e. The second-order valence-corrected chi connectivity index (χ2v) is 8.75. The highest BCUT2D eigenvalue weighted by Gasteiger charge is 2.21. The highest BCUT2D eigenvalue weighted by molar-refractivity contribution is 7.18. The predicted octanol–water partition coefficient (Wildman–Crippen LogP) is 2.51. The molecule has 1 saturated heterocycles. The first kappa shape index (κ1) is 20.7. The van der Waals surface area contributed by atoms with Gasteiger partial charge >= 0.3 is 0 Å². The van der Waals surface area contributed by atoms with Crippen molar-refractivity contribution in [1.29, 1.82) is 0 Å². The number of rotatable bonds is 6. The molecule has 0 saturated carbocycles. The number of hydrogen-bond donors (Lipinski definition) is 1. The fraction of sp³-hybridized carbons (Fsp3) is 0.500. The molecule has 1 N–H and O–H groups in total. The molecule has 1 fully saturated rings. The van der Waals surface area contributed by atoms with Gasteiger partial charge in [-0.05, 0) is 26.3 Å². The number of amides is 1. The highest BCUT2D eigenvalue weighted by Crippen LogP contribution is 2.34. The Morgan fingerprint density at radius 2 is 2.03 bits per heavy atom. The van der Waals surface area contributed by atoms with Crippen LogP contribution in [0, 0.1) is 20.8 Å². The molecule has 4 rings (SSSR count). The molecule has 1 amide bonds. The fourth-order valence-corrected chi connectivity index (χ4v) is 4.52. The number of hydrogen-bond acceptors (Lipinski definition) is 9. The van der Waals surface area contributed by atoms with Gasteiger partial charge in [0.05, 0.1) is 31.7 Å². The lowest BCUT2D eigenvalue weighted by Gasteiger charge is -2.26. The number of aryl methyl sites for hydroxylation is 3. The van der Waals surface area contributed by atoms with E-state index in [-0.39, 0.29) is 12.5 Å². The van der Waals surface area contributed by atoms with E-state index in [1.807, 2.05) is 11.9 Å². The van der Waals surface area contributed by atoms with Crippen molar-refractivity contribution in [3.05, 3.63) is 28.1 Å². The lowest BCUT2D eigenvalue weighted by Crippen LogP contribution is -2.36. The van der Waals surface area contributed by atoms with Gasteiger partial charge in [-0.1, -0.05) is 5.16 Å². The summed E-state index contributed by atoms with van der Waals surface area (Å²) < 4.78 is 10.4. The fourth-order valence-electron chi connectivity index (χ4n) is 3.48. The van der Waals surface area contributed by atoms with E-state index in [4.69, 9.17) is 19.2 Å². The van der Waals surface area contributed by atoms with E-state index in [0.29, 0.717) is 18.1 Å². The number of fused-ring (bicyclic) bond motifs is 1. The number of carbonyl (C=O) groups excluding carboxylic acids is 1. The van der Waals surface area contributed by atoms with Gasteiger partial charge in [-0.3, -0.25) is 9.69 Å². The predicted molar refractivity (Wildman–Crippen MR) is 116 cm³/mol. The molecular weight excluding hydrogens is 404 g/mol. The quantitative estimate of drug-likeness (QED) is 0.637. The smallest absolute Gasteiger partial charge is 0.245 e. The first-order chi connectivity index (χ1) is 14.4. The van der Waals surface area contributed by atoms with Crippen LogP contribution in [-0.4, -0.2) is 65.8 Å². The van der Waals surface area contributed by atoms with Gasteiger partial charge in [-0.25, -0.2) is 9.97 Å². The summed E-state index contributed by atoms with van der Waals surface area (Å²) in [6.45, 7) is 9.96. The zero-order chi connectivity index (χ0) is 21.3. The third-order valence-corrected chi connectivity index (χ3v) is 6.26. The van der Waals surface area contributed by atoms with Crippen LogP contribution in [-0.2, 0) is 16.1 Å². The number of aromatic nitrogens is 3. The third kappa shape index (κ3) is 4.45. The lowest BCUT2D eigenvalue weighted by molar-refractivity contribution is -0.115. The molecule has 0 spiro atoms. The Bertz CT molecular complexity index is 1060. The molecule has 30 heavy (non-hydrogen) atoms. The van der Waals surface area contributed by atoms with E-state index in [9.17, 15) is 4.79 Å². The van der Waals surface area contributed by atoms with Crippen LogP contribution in [0.4, 0.5) is 11.6 Å². The SMILES string of the molecule is Cc1cc(NC(=O)CN(C)c2nc(CN3CCOCC3)nc3sc(C)c(C)c23)no1. The normalized spacial score (nSPS) is 14.9. The molecule has 0 aromatic carbocycles. The van der Waals surface area contributed by atoms with Crippen LogP contribution in [0.15, 0.2) is 10.6 Å². The van der Waals surface area contributed by atoms with Crippen molar-refractivity contribution in [3.63, 3.8) is 0 Å². The van der Waals surface area contributed by atoms with E-state index in [2.05, 4.69) is 29.2 Å². The van der Waals surface area contributed by atoms with Gasteiger partial charge in [-0.2, -0.15) is 0 Å². The van der Waals surface area contributed by atoms with E-state index in [0.717, 1.165) is 53.7 Å². The minimum atomic E-state index is -0.183. The number of thiophene rings is 1. The average Bonchev–Trinajstić information content (AvgIpc) is 3.24. The summed E-state index contributed by atoms with van der Waals surface area (Å²) in [5.41, 5.74) is 1.15. The molecule has 0 bridgehead atoms. The Hall–Kier alpha value is -2.56. The van der Waals surface area contributed by atoms with E-state index >= 15 is 0 Å². The molecule has 10 heteroatoms. The van der Waals surface area contributed by atoms with Gasteiger partial charge < -0.3 is 19.5 Å². The molecule has 0 unspecified atom stereocenters. The Kier molecular flexibility index (Phi) is 5.98. The molecule has 0 atom stereocenters. The average molecular weight is 431 g/mol. The summed E-state index contributed by atoms with van der Waals surface area (Å²) in [4.78, 5) is 28.5. The van der Waals surface area contributed by atoms with Crippen LogP contribution in [0.2, 0.25) is 0 Å². The molecular formula is C20H26N6O3S. The number of ether oxygens (including phenoxy) is 1. The molecule has 9 nitrogen and oxygen atoms in total. The van der Waals surface area contributed by atoms with Gasteiger partial charge in [-0.15, -0.1) is 11.3 Å². The molecule has 3 aromatic rings. The summed E-state index contributed by atoms with van der Waals surface area (Å²) in [6, 6.07) is 1.69. The van der Waals surface area contributed by atoms with Gasteiger partial charge in [0.15, 0.2) is 5.82 Å². The van der Waals surface area contributed by atoms with Crippen molar-refractivity contribution in [2.24, 2.45) is 0 Å². The highest BCUT2D eigenvalue weighted by atomic mass is 32.1. The summed E-state index contributed by atoms with van der Waals surface area (Å²) in [6.07, 6.45) is 0. The Balaban J connectivity index is 1.59. The largest absolute Gasteiger partial charge is 0.379 e. The van der Waals surface area contributed by atoms with Crippen molar-refractivity contribution >= 4 is 39.1 Å². The van der Waals surface area contributed by atoms with Gasteiger partial charge in [0, 0.05) is 31.1 Å². The molecule has 3 aromatic heterocycles. The molecule has 1 aliphatic rings. The summed E-state index contributed by atoms with van der Waals surface area (Å²) in [7, 11) is 1.88. The number of carbonyl (C=O) groups is 1. The second-order valence-electron chi connectivity index (χ2n) is 7.54. The van der Waals surface area contributed by atoms with Crippen LogP contribution >= 0.6 is 11.3 Å². The van der Waals surface area contributed by atoms with Crippen molar-refractivity contribution in [2.75, 3.05) is 50.1 Å². The molecule has 160 valence electrons. The zero-order valence-corrected chi connectivity index (χ0v) is 18.5. The monoisotopic (exact) mass is 430 g/mol. The standard InChI is InChI=1S/C20H26N6O3S/c1-12-9-15(24-29-12)21-17(27)11-25(4)19-18-13(2)14(3)30-20(18)23-16(22-19)10-26-5-7-28-8-6-26/h9H,5-8,10-11H2,1-4H3,(H,21,24,27).